The molecule has 0 radical (unpaired) electrons. The van der Waals surface area contributed by atoms with Gasteiger partial charge in [0.25, 0.3) is 5.91 Å². The van der Waals surface area contributed by atoms with Crippen LogP contribution in [0.5, 0.6) is 0 Å². The van der Waals surface area contributed by atoms with Crippen molar-refractivity contribution in [2.45, 2.75) is 18.9 Å². The Morgan fingerprint density at radius 3 is 2.71 bits per heavy atom. The molecular formula is C12H12INO3. The van der Waals surface area contributed by atoms with Crippen molar-refractivity contribution < 1.29 is 14.7 Å². The van der Waals surface area contributed by atoms with Crippen LogP contribution < -0.4 is 0 Å². The van der Waals surface area contributed by atoms with E-state index < -0.39 is 12.0 Å². The Bertz CT molecular complexity index is 461. The molecule has 1 N–H and O–H groups in total. The summed E-state index contributed by atoms with van der Waals surface area (Å²) in [5, 5.41) is 9.05. The molecule has 0 aliphatic carbocycles. The van der Waals surface area contributed by atoms with E-state index in [1.165, 1.54) is 4.90 Å². The van der Waals surface area contributed by atoms with Gasteiger partial charge in [-0.2, -0.15) is 0 Å². The van der Waals surface area contributed by atoms with E-state index >= 15 is 0 Å². The van der Waals surface area contributed by atoms with Crippen molar-refractivity contribution in [1.82, 2.24) is 4.90 Å². The third-order valence-corrected chi connectivity index (χ3v) is 3.84. The molecule has 1 fully saturated rings. The molecule has 0 spiro atoms. The number of benzene rings is 1. The molecule has 1 aliphatic heterocycles. The maximum absolute atomic E-state index is 12.2. The number of rotatable bonds is 2. The zero-order valence-electron chi connectivity index (χ0n) is 9.10. The van der Waals surface area contributed by atoms with Gasteiger partial charge in [-0.15, -0.1) is 0 Å². The van der Waals surface area contributed by atoms with E-state index in [2.05, 4.69) is 22.6 Å². The first kappa shape index (κ1) is 12.3. The first-order valence-corrected chi connectivity index (χ1v) is 6.47. The first-order valence-electron chi connectivity index (χ1n) is 5.39. The topological polar surface area (TPSA) is 57.6 Å². The van der Waals surface area contributed by atoms with Gasteiger partial charge in [0.05, 0.1) is 5.56 Å². The third kappa shape index (κ3) is 2.43. The number of aliphatic carboxylic acids is 1. The highest BCUT2D eigenvalue weighted by molar-refractivity contribution is 14.1. The number of carboxylic acids is 1. The second-order valence-electron chi connectivity index (χ2n) is 3.97. The first-order chi connectivity index (χ1) is 8.11. The van der Waals surface area contributed by atoms with Crippen LogP contribution in [0.25, 0.3) is 0 Å². The van der Waals surface area contributed by atoms with Gasteiger partial charge >= 0.3 is 5.97 Å². The lowest BCUT2D eigenvalue weighted by Gasteiger charge is -2.21. The smallest absolute Gasteiger partial charge is 0.326 e. The molecule has 0 unspecified atom stereocenters. The lowest BCUT2D eigenvalue weighted by Crippen LogP contribution is -2.40. The van der Waals surface area contributed by atoms with Crippen LogP contribution in [0.3, 0.4) is 0 Å². The summed E-state index contributed by atoms with van der Waals surface area (Å²) in [6.07, 6.45) is 1.30. The fraction of sp³-hybridized carbons (Fsp3) is 0.333. The fourth-order valence-corrected chi connectivity index (χ4v) is 2.67. The molecule has 4 nitrogen and oxygen atoms in total. The van der Waals surface area contributed by atoms with Crippen molar-refractivity contribution >= 4 is 34.5 Å². The van der Waals surface area contributed by atoms with Crippen LogP contribution in [-0.4, -0.2) is 34.5 Å². The standard InChI is InChI=1S/C12H12INO3/c13-9-5-2-1-4-8(9)11(15)14-7-3-6-10(14)12(16)17/h1-2,4-5,10H,3,6-7H2,(H,16,17)/t10-/m0/s1. The molecular weight excluding hydrogens is 333 g/mol. The van der Waals surface area contributed by atoms with E-state index in [9.17, 15) is 9.59 Å². The van der Waals surface area contributed by atoms with E-state index in [0.717, 1.165) is 9.99 Å². The Kier molecular flexibility index (Phi) is 3.66. The Balaban J connectivity index is 2.26. The Hall–Kier alpha value is -1.11. The van der Waals surface area contributed by atoms with E-state index in [0.29, 0.717) is 18.5 Å². The zero-order chi connectivity index (χ0) is 12.4. The molecule has 1 aromatic rings. The van der Waals surface area contributed by atoms with E-state index in [4.69, 9.17) is 5.11 Å². The summed E-state index contributed by atoms with van der Waals surface area (Å²) < 4.78 is 0.853. The van der Waals surface area contributed by atoms with E-state index in [1.807, 2.05) is 12.1 Å². The maximum atomic E-state index is 12.2. The largest absolute Gasteiger partial charge is 0.480 e. The minimum Gasteiger partial charge on any atom is -0.480 e. The molecule has 90 valence electrons. The van der Waals surface area contributed by atoms with Gasteiger partial charge in [0.15, 0.2) is 0 Å². The van der Waals surface area contributed by atoms with Gasteiger partial charge in [0, 0.05) is 10.1 Å². The van der Waals surface area contributed by atoms with Crippen LogP contribution >= 0.6 is 22.6 Å². The van der Waals surface area contributed by atoms with Gasteiger partial charge < -0.3 is 10.0 Å². The Morgan fingerprint density at radius 1 is 1.35 bits per heavy atom. The summed E-state index contributed by atoms with van der Waals surface area (Å²) >= 11 is 2.09. The van der Waals surface area contributed by atoms with Crippen molar-refractivity contribution in [3.63, 3.8) is 0 Å². The van der Waals surface area contributed by atoms with Crippen LogP contribution in [0.1, 0.15) is 23.2 Å². The van der Waals surface area contributed by atoms with E-state index in [1.54, 1.807) is 12.1 Å². The summed E-state index contributed by atoms with van der Waals surface area (Å²) in [5.41, 5.74) is 0.584. The summed E-state index contributed by atoms with van der Waals surface area (Å²) in [6.45, 7) is 0.529. The average molecular weight is 345 g/mol. The average Bonchev–Trinajstić information content (AvgIpc) is 2.77. The molecule has 17 heavy (non-hydrogen) atoms. The quantitative estimate of drug-likeness (QED) is 0.834. The number of carbonyl (C=O) groups excluding carboxylic acids is 1. The summed E-state index contributed by atoms with van der Waals surface area (Å²) in [7, 11) is 0. The van der Waals surface area contributed by atoms with Gasteiger partial charge in [-0.1, -0.05) is 12.1 Å². The molecule has 0 aromatic heterocycles. The van der Waals surface area contributed by atoms with Crippen LogP contribution in [0.2, 0.25) is 0 Å². The molecule has 0 saturated carbocycles. The van der Waals surface area contributed by atoms with Crippen molar-refractivity contribution in [3.05, 3.63) is 33.4 Å². The number of amides is 1. The van der Waals surface area contributed by atoms with Crippen LogP contribution in [0.4, 0.5) is 0 Å². The number of carbonyl (C=O) groups is 2. The normalized spacial score (nSPS) is 19.4. The number of carboxylic acid groups (broad SMARTS) is 1. The van der Waals surface area contributed by atoms with Gasteiger partial charge in [0.2, 0.25) is 0 Å². The number of nitrogens with zero attached hydrogens (tertiary/aromatic N) is 1. The highest BCUT2D eigenvalue weighted by Gasteiger charge is 2.34. The number of halogens is 1. The molecule has 1 aromatic carbocycles. The molecule has 1 amide bonds. The zero-order valence-corrected chi connectivity index (χ0v) is 11.3. The van der Waals surface area contributed by atoms with Gasteiger partial charge in [-0.05, 0) is 47.6 Å². The summed E-state index contributed by atoms with van der Waals surface area (Å²) in [5.74, 6) is -1.10. The van der Waals surface area contributed by atoms with Gasteiger partial charge in [-0.3, -0.25) is 4.79 Å². The molecule has 1 saturated heterocycles. The second-order valence-corrected chi connectivity index (χ2v) is 5.14. The predicted molar refractivity (Wildman–Crippen MR) is 70.9 cm³/mol. The number of hydrogen-bond donors (Lipinski definition) is 1. The van der Waals surface area contributed by atoms with Crippen molar-refractivity contribution in [2.24, 2.45) is 0 Å². The molecule has 1 atom stereocenters. The van der Waals surface area contributed by atoms with E-state index in [-0.39, 0.29) is 5.91 Å². The van der Waals surface area contributed by atoms with Gasteiger partial charge in [-0.25, -0.2) is 4.79 Å². The second kappa shape index (κ2) is 5.03. The molecule has 1 aliphatic rings. The van der Waals surface area contributed by atoms with Crippen molar-refractivity contribution in [3.8, 4) is 0 Å². The minimum absolute atomic E-state index is 0.181. The number of hydrogen-bond acceptors (Lipinski definition) is 2. The van der Waals surface area contributed by atoms with Gasteiger partial charge in [0.1, 0.15) is 6.04 Å². The summed E-state index contributed by atoms with van der Waals surface area (Å²) in [4.78, 5) is 24.7. The molecule has 5 heteroatoms. The fourth-order valence-electron chi connectivity index (χ4n) is 2.06. The van der Waals surface area contributed by atoms with Crippen molar-refractivity contribution in [1.29, 1.82) is 0 Å². The van der Waals surface area contributed by atoms with Crippen LogP contribution in [-0.2, 0) is 4.79 Å². The molecule has 0 bridgehead atoms. The monoisotopic (exact) mass is 345 g/mol. The van der Waals surface area contributed by atoms with Crippen molar-refractivity contribution in [2.75, 3.05) is 6.54 Å². The molecule has 2 rings (SSSR count). The lowest BCUT2D eigenvalue weighted by molar-refractivity contribution is -0.141. The third-order valence-electron chi connectivity index (χ3n) is 2.90. The Morgan fingerprint density at radius 2 is 2.06 bits per heavy atom. The van der Waals surface area contributed by atoms with Crippen LogP contribution in [0, 0.1) is 3.57 Å². The molecule has 1 heterocycles. The predicted octanol–water partition coefficient (Wildman–Crippen LogP) is 1.98. The summed E-state index contributed by atoms with van der Waals surface area (Å²) in [6, 6.07) is 6.57. The highest BCUT2D eigenvalue weighted by atomic mass is 127. The Labute approximate surface area is 113 Å². The highest BCUT2D eigenvalue weighted by Crippen LogP contribution is 2.22. The lowest BCUT2D eigenvalue weighted by atomic mass is 10.1. The number of likely N-dealkylation sites (tertiary alicyclic amines) is 1. The van der Waals surface area contributed by atoms with Crippen LogP contribution in [0.15, 0.2) is 24.3 Å². The maximum Gasteiger partial charge on any atom is 0.326 e. The minimum atomic E-state index is -0.915. The SMILES string of the molecule is O=C(O)[C@@H]1CCCN1C(=O)c1ccccc1I.